The van der Waals surface area contributed by atoms with Gasteiger partial charge < -0.3 is 4.90 Å². The molecule has 2 aromatic carbocycles. The van der Waals surface area contributed by atoms with Crippen LogP contribution >= 0.6 is 0 Å². The van der Waals surface area contributed by atoms with Crippen LogP contribution in [0.5, 0.6) is 0 Å². The number of guanidine groups is 1. The maximum atomic E-state index is 13.3. The van der Waals surface area contributed by atoms with Crippen LogP contribution in [0, 0.1) is 11.8 Å². The van der Waals surface area contributed by atoms with Gasteiger partial charge in [-0.25, -0.2) is 9.89 Å². The molecule has 1 heterocycles. The van der Waals surface area contributed by atoms with Gasteiger partial charge in [0, 0.05) is 13.1 Å². The van der Waals surface area contributed by atoms with Crippen LogP contribution in [0.2, 0.25) is 0 Å². The van der Waals surface area contributed by atoms with Crippen molar-refractivity contribution in [1.82, 2.24) is 4.90 Å². The number of nitrogens with zero attached hydrogens (tertiary/aromatic N) is 3. The molecular formula is C24H29N3O. The van der Waals surface area contributed by atoms with Crippen LogP contribution < -0.4 is 4.90 Å². The van der Waals surface area contributed by atoms with Crippen LogP contribution in [0.4, 0.5) is 5.69 Å². The zero-order valence-electron chi connectivity index (χ0n) is 17.2. The molecule has 0 aromatic heterocycles. The van der Waals surface area contributed by atoms with E-state index < -0.39 is 0 Å². The van der Waals surface area contributed by atoms with E-state index in [0.29, 0.717) is 17.5 Å². The molecule has 0 radical (unpaired) electrons. The molecule has 4 heteroatoms. The van der Waals surface area contributed by atoms with E-state index in [9.17, 15) is 4.79 Å². The Morgan fingerprint density at radius 2 is 1.43 bits per heavy atom. The van der Waals surface area contributed by atoms with E-state index in [-0.39, 0.29) is 5.91 Å². The summed E-state index contributed by atoms with van der Waals surface area (Å²) in [7, 11) is 0. The van der Waals surface area contributed by atoms with Gasteiger partial charge in [0.15, 0.2) is 0 Å². The second-order valence-electron chi connectivity index (χ2n) is 8.02. The number of anilines is 1. The van der Waals surface area contributed by atoms with Gasteiger partial charge in [0.2, 0.25) is 5.96 Å². The Hall–Kier alpha value is -2.88. The van der Waals surface area contributed by atoms with E-state index in [1.807, 2.05) is 66.7 Å². The number of benzene rings is 2. The number of aliphatic imine (C=N–C) groups is 1. The fraction of sp³-hybridized carbons (Fsp3) is 0.333. The van der Waals surface area contributed by atoms with Crippen molar-refractivity contribution >= 4 is 23.6 Å². The largest absolute Gasteiger partial charge is 0.341 e. The molecule has 4 nitrogen and oxygen atoms in total. The zero-order valence-corrected chi connectivity index (χ0v) is 17.2. The quantitative estimate of drug-likeness (QED) is 0.663. The molecule has 0 fully saturated rings. The first kappa shape index (κ1) is 19.9. The molecule has 0 aliphatic carbocycles. The molecule has 1 aliphatic rings. The molecule has 28 heavy (non-hydrogen) atoms. The summed E-state index contributed by atoms with van der Waals surface area (Å²) in [5, 5.41) is 0. The molecule has 1 amide bonds. The van der Waals surface area contributed by atoms with Crippen molar-refractivity contribution in [3.05, 3.63) is 71.9 Å². The zero-order chi connectivity index (χ0) is 20.1. The van der Waals surface area contributed by atoms with E-state index in [1.165, 1.54) is 0 Å². The molecule has 0 bridgehead atoms. The third-order valence-electron chi connectivity index (χ3n) is 4.41. The fourth-order valence-corrected chi connectivity index (χ4v) is 3.35. The Morgan fingerprint density at radius 1 is 0.893 bits per heavy atom. The van der Waals surface area contributed by atoms with Crippen LogP contribution in [-0.4, -0.2) is 29.9 Å². The van der Waals surface area contributed by atoms with E-state index in [4.69, 9.17) is 4.99 Å². The monoisotopic (exact) mass is 375 g/mol. The predicted octanol–water partition coefficient (Wildman–Crippen LogP) is 5.04. The van der Waals surface area contributed by atoms with Gasteiger partial charge in [-0.1, -0.05) is 76.2 Å². The summed E-state index contributed by atoms with van der Waals surface area (Å²) >= 11 is 0. The number of hydrogen-bond acceptors (Lipinski definition) is 3. The second-order valence-corrected chi connectivity index (χ2v) is 8.02. The highest BCUT2D eigenvalue weighted by Gasteiger charge is 2.35. The van der Waals surface area contributed by atoms with Crippen LogP contribution in [0.3, 0.4) is 0 Å². The highest BCUT2D eigenvalue weighted by Crippen LogP contribution is 2.27. The minimum atomic E-state index is -0.0810. The van der Waals surface area contributed by atoms with Gasteiger partial charge in [-0.2, -0.15) is 0 Å². The first-order valence-corrected chi connectivity index (χ1v) is 9.95. The Labute approximate surface area is 168 Å². The summed E-state index contributed by atoms with van der Waals surface area (Å²) in [4.78, 5) is 22.1. The van der Waals surface area contributed by atoms with E-state index in [2.05, 4.69) is 32.6 Å². The van der Waals surface area contributed by atoms with Gasteiger partial charge in [-0.3, -0.25) is 4.79 Å². The lowest BCUT2D eigenvalue weighted by Crippen LogP contribution is -2.46. The highest BCUT2D eigenvalue weighted by atomic mass is 16.2. The Kier molecular flexibility index (Phi) is 6.30. The fourth-order valence-electron chi connectivity index (χ4n) is 3.35. The Balaban J connectivity index is 2.05. The molecule has 0 atom stereocenters. The SMILES string of the molecule is CC(C)CN(CC(C)C)C1=N/C(=C\c2ccccc2)C(=O)N1c1ccccc1. The lowest BCUT2D eigenvalue weighted by molar-refractivity contribution is -0.113. The van der Waals surface area contributed by atoms with Crippen molar-refractivity contribution in [3.8, 4) is 0 Å². The standard InChI is InChI=1S/C24H29N3O/c1-18(2)16-26(17-19(3)4)24-25-22(15-20-11-7-5-8-12-20)23(28)27(24)21-13-9-6-10-14-21/h5-15,18-19H,16-17H2,1-4H3/b22-15-. The van der Waals surface area contributed by atoms with Gasteiger partial charge >= 0.3 is 0 Å². The number of para-hydroxylation sites is 1. The molecular weight excluding hydrogens is 346 g/mol. The average Bonchev–Trinajstić information content (AvgIpc) is 2.98. The molecule has 2 aromatic rings. The third-order valence-corrected chi connectivity index (χ3v) is 4.41. The summed E-state index contributed by atoms with van der Waals surface area (Å²) in [6.07, 6.45) is 1.87. The van der Waals surface area contributed by atoms with Crippen LogP contribution in [0.1, 0.15) is 33.3 Å². The van der Waals surface area contributed by atoms with Crippen molar-refractivity contribution in [2.45, 2.75) is 27.7 Å². The number of rotatable bonds is 6. The number of hydrogen-bond donors (Lipinski definition) is 0. The summed E-state index contributed by atoms with van der Waals surface area (Å²) in [6.45, 7) is 10.5. The predicted molar refractivity (Wildman–Crippen MR) is 117 cm³/mol. The minimum Gasteiger partial charge on any atom is -0.341 e. The van der Waals surface area contributed by atoms with E-state index in [1.54, 1.807) is 4.90 Å². The van der Waals surface area contributed by atoms with Gasteiger partial charge in [0.25, 0.3) is 5.91 Å². The topological polar surface area (TPSA) is 35.9 Å². The maximum Gasteiger partial charge on any atom is 0.283 e. The molecule has 1 aliphatic heterocycles. The van der Waals surface area contributed by atoms with Gasteiger partial charge in [0.05, 0.1) is 5.69 Å². The number of carbonyl (C=O) groups excluding carboxylic acids is 1. The van der Waals surface area contributed by atoms with E-state index >= 15 is 0 Å². The second kappa shape index (κ2) is 8.87. The van der Waals surface area contributed by atoms with Crippen molar-refractivity contribution in [1.29, 1.82) is 0 Å². The van der Waals surface area contributed by atoms with Gasteiger partial charge in [-0.15, -0.1) is 0 Å². The van der Waals surface area contributed by atoms with Crippen LogP contribution in [0.25, 0.3) is 6.08 Å². The Bertz CT molecular complexity index is 844. The first-order valence-electron chi connectivity index (χ1n) is 9.95. The molecule has 0 N–H and O–H groups in total. The summed E-state index contributed by atoms with van der Waals surface area (Å²) in [5.74, 6) is 1.58. The summed E-state index contributed by atoms with van der Waals surface area (Å²) in [5.41, 5.74) is 2.30. The van der Waals surface area contributed by atoms with Crippen LogP contribution in [-0.2, 0) is 4.79 Å². The van der Waals surface area contributed by atoms with E-state index in [0.717, 1.165) is 30.3 Å². The molecule has 146 valence electrons. The minimum absolute atomic E-state index is 0.0810. The Morgan fingerprint density at radius 3 is 1.96 bits per heavy atom. The lowest BCUT2D eigenvalue weighted by Gasteiger charge is -2.32. The molecule has 0 saturated carbocycles. The molecule has 3 rings (SSSR count). The van der Waals surface area contributed by atoms with Gasteiger partial charge in [-0.05, 0) is 35.6 Å². The van der Waals surface area contributed by atoms with Crippen molar-refractivity contribution in [2.24, 2.45) is 16.8 Å². The summed E-state index contributed by atoms with van der Waals surface area (Å²) < 4.78 is 0. The lowest BCUT2D eigenvalue weighted by atomic mass is 10.1. The first-order chi connectivity index (χ1) is 13.5. The smallest absolute Gasteiger partial charge is 0.283 e. The molecule has 0 spiro atoms. The maximum absolute atomic E-state index is 13.3. The molecule has 0 saturated heterocycles. The highest BCUT2D eigenvalue weighted by molar-refractivity contribution is 6.28. The normalized spacial score (nSPS) is 15.6. The van der Waals surface area contributed by atoms with Crippen molar-refractivity contribution < 1.29 is 4.79 Å². The number of amides is 1. The van der Waals surface area contributed by atoms with Gasteiger partial charge in [0.1, 0.15) is 5.70 Å². The molecule has 0 unspecified atom stereocenters. The number of carbonyl (C=O) groups is 1. The van der Waals surface area contributed by atoms with Crippen molar-refractivity contribution in [2.75, 3.05) is 18.0 Å². The third kappa shape index (κ3) is 4.69. The summed E-state index contributed by atoms with van der Waals surface area (Å²) in [6, 6.07) is 19.7. The average molecular weight is 376 g/mol. The van der Waals surface area contributed by atoms with Crippen molar-refractivity contribution in [3.63, 3.8) is 0 Å². The van der Waals surface area contributed by atoms with Crippen LogP contribution in [0.15, 0.2) is 71.4 Å².